The van der Waals surface area contributed by atoms with E-state index >= 15 is 0 Å². The summed E-state index contributed by atoms with van der Waals surface area (Å²) in [6.45, 7) is 2.04. The molecule has 2 aromatic carbocycles. The van der Waals surface area contributed by atoms with Crippen LogP contribution < -0.4 is 20.1 Å². The number of fused-ring (bicyclic) bond motifs is 1. The summed E-state index contributed by atoms with van der Waals surface area (Å²) in [4.78, 5) is 11.8. The van der Waals surface area contributed by atoms with Crippen LogP contribution in [-0.4, -0.2) is 32.2 Å². The van der Waals surface area contributed by atoms with Crippen molar-refractivity contribution in [3.8, 4) is 11.5 Å². The Kier molecular flexibility index (Phi) is 4.99. The Bertz CT molecular complexity index is 659. The number of nitrogens with one attached hydrogen (secondary N) is 2. The highest BCUT2D eigenvalue weighted by Crippen LogP contribution is 2.30. The molecule has 1 heterocycles. The lowest BCUT2D eigenvalue weighted by Crippen LogP contribution is -2.31. The summed E-state index contributed by atoms with van der Waals surface area (Å²) in [5, 5.41) is 5.99. The summed E-state index contributed by atoms with van der Waals surface area (Å²) < 4.78 is 11.0. The summed E-state index contributed by atoms with van der Waals surface area (Å²) in [7, 11) is 0. The molecule has 5 heteroatoms. The zero-order valence-corrected chi connectivity index (χ0v) is 12.9. The SMILES string of the molecule is O=C(CNc1ccccc1)NCCc1ccc2c(c1)OCCO2. The average Bonchev–Trinajstić information content (AvgIpc) is 2.61. The molecular formula is C18H20N2O3. The summed E-state index contributed by atoms with van der Waals surface area (Å²) in [5.74, 6) is 1.55. The van der Waals surface area contributed by atoms with Gasteiger partial charge in [-0.15, -0.1) is 0 Å². The van der Waals surface area contributed by atoms with Gasteiger partial charge in [0.2, 0.25) is 5.91 Å². The van der Waals surface area contributed by atoms with Gasteiger partial charge in [-0.3, -0.25) is 4.79 Å². The highest BCUT2D eigenvalue weighted by molar-refractivity contribution is 5.80. The van der Waals surface area contributed by atoms with Crippen molar-refractivity contribution in [1.29, 1.82) is 0 Å². The summed E-state index contributed by atoms with van der Waals surface area (Å²) in [6.07, 6.45) is 0.758. The lowest BCUT2D eigenvalue weighted by molar-refractivity contribution is -0.119. The number of carbonyl (C=O) groups excluding carboxylic acids is 1. The number of hydrogen-bond donors (Lipinski definition) is 2. The maximum atomic E-state index is 11.8. The molecule has 2 N–H and O–H groups in total. The van der Waals surface area contributed by atoms with Crippen LogP contribution in [0.3, 0.4) is 0 Å². The fourth-order valence-corrected chi connectivity index (χ4v) is 2.39. The molecule has 120 valence electrons. The van der Waals surface area contributed by atoms with Crippen LogP contribution in [0.1, 0.15) is 5.56 Å². The van der Waals surface area contributed by atoms with Crippen molar-refractivity contribution in [2.75, 3.05) is 31.6 Å². The molecule has 2 aromatic rings. The second-order valence-electron chi connectivity index (χ2n) is 5.30. The van der Waals surface area contributed by atoms with Gasteiger partial charge in [-0.05, 0) is 36.2 Å². The molecular weight excluding hydrogens is 292 g/mol. The monoisotopic (exact) mass is 312 g/mol. The molecule has 0 bridgehead atoms. The van der Waals surface area contributed by atoms with Crippen LogP contribution >= 0.6 is 0 Å². The third-order valence-corrected chi connectivity index (χ3v) is 3.57. The number of amides is 1. The van der Waals surface area contributed by atoms with Crippen LogP contribution in [0.2, 0.25) is 0 Å². The Labute approximate surface area is 135 Å². The molecule has 0 spiro atoms. The van der Waals surface area contributed by atoms with Crippen molar-refractivity contribution in [2.24, 2.45) is 0 Å². The first-order chi connectivity index (χ1) is 11.3. The Morgan fingerprint density at radius 3 is 2.61 bits per heavy atom. The minimum Gasteiger partial charge on any atom is -0.486 e. The van der Waals surface area contributed by atoms with Gasteiger partial charge in [-0.2, -0.15) is 0 Å². The average molecular weight is 312 g/mol. The predicted octanol–water partition coefficient (Wildman–Crippen LogP) is 2.23. The van der Waals surface area contributed by atoms with Gasteiger partial charge < -0.3 is 20.1 Å². The maximum Gasteiger partial charge on any atom is 0.239 e. The number of anilines is 1. The molecule has 1 aliphatic rings. The minimum absolute atomic E-state index is 0.0219. The fraction of sp³-hybridized carbons (Fsp3) is 0.278. The molecule has 23 heavy (non-hydrogen) atoms. The molecule has 5 nitrogen and oxygen atoms in total. The zero-order chi connectivity index (χ0) is 15.9. The van der Waals surface area contributed by atoms with Gasteiger partial charge in [0, 0.05) is 12.2 Å². The van der Waals surface area contributed by atoms with Crippen molar-refractivity contribution >= 4 is 11.6 Å². The van der Waals surface area contributed by atoms with Gasteiger partial charge in [-0.1, -0.05) is 24.3 Å². The maximum absolute atomic E-state index is 11.8. The minimum atomic E-state index is -0.0219. The standard InChI is InChI=1S/C18H20N2O3/c21-18(13-20-15-4-2-1-3-5-15)19-9-8-14-6-7-16-17(12-14)23-11-10-22-16/h1-7,12,20H,8-11,13H2,(H,19,21). The van der Waals surface area contributed by atoms with E-state index in [0.29, 0.717) is 19.8 Å². The Morgan fingerprint density at radius 2 is 1.78 bits per heavy atom. The Balaban J connectivity index is 1.41. The number of ether oxygens (including phenoxy) is 2. The van der Waals surface area contributed by atoms with Crippen molar-refractivity contribution in [2.45, 2.75) is 6.42 Å². The fourth-order valence-electron chi connectivity index (χ4n) is 2.39. The highest BCUT2D eigenvalue weighted by Gasteiger charge is 2.11. The van der Waals surface area contributed by atoms with Crippen LogP contribution in [0.25, 0.3) is 0 Å². The number of carbonyl (C=O) groups is 1. The summed E-state index contributed by atoms with van der Waals surface area (Å²) in [5.41, 5.74) is 2.06. The van der Waals surface area contributed by atoms with Crippen molar-refractivity contribution < 1.29 is 14.3 Å². The van der Waals surface area contributed by atoms with E-state index in [1.807, 2.05) is 48.5 Å². The van der Waals surface area contributed by atoms with Gasteiger partial charge in [0.1, 0.15) is 13.2 Å². The molecule has 0 fully saturated rings. The van der Waals surface area contributed by atoms with Crippen LogP contribution in [0, 0.1) is 0 Å². The van der Waals surface area contributed by atoms with E-state index in [1.54, 1.807) is 0 Å². The molecule has 0 saturated heterocycles. The van der Waals surface area contributed by atoms with E-state index in [4.69, 9.17) is 9.47 Å². The van der Waals surface area contributed by atoms with Crippen LogP contribution in [-0.2, 0) is 11.2 Å². The molecule has 0 atom stereocenters. The van der Waals surface area contributed by atoms with Gasteiger partial charge in [0.25, 0.3) is 0 Å². The normalized spacial score (nSPS) is 12.5. The smallest absolute Gasteiger partial charge is 0.239 e. The van der Waals surface area contributed by atoms with Crippen molar-refractivity contribution in [1.82, 2.24) is 5.32 Å². The number of para-hydroxylation sites is 1. The second-order valence-corrected chi connectivity index (χ2v) is 5.30. The summed E-state index contributed by atoms with van der Waals surface area (Å²) in [6, 6.07) is 15.6. The third kappa shape index (κ3) is 4.39. The van der Waals surface area contributed by atoms with E-state index in [0.717, 1.165) is 29.2 Å². The van der Waals surface area contributed by atoms with E-state index < -0.39 is 0 Å². The lowest BCUT2D eigenvalue weighted by Gasteiger charge is -2.18. The first-order valence-corrected chi connectivity index (χ1v) is 7.75. The number of hydrogen-bond acceptors (Lipinski definition) is 4. The van der Waals surface area contributed by atoms with E-state index in [2.05, 4.69) is 10.6 Å². The van der Waals surface area contributed by atoms with E-state index in [1.165, 1.54) is 0 Å². The molecule has 1 aliphatic heterocycles. The molecule has 0 saturated carbocycles. The second kappa shape index (κ2) is 7.54. The molecule has 3 rings (SSSR count). The summed E-state index contributed by atoms with van der Waals surface area (Å²) >= 11 is 0. The first kappa shape index (κ1) is 15.2. The Hall–Kier alpha value is -2.69. The molecule has 0 aliphatic carbocycles. The molecule has 0 radical (unpaired) electrons. The Morgan fingerprint density at radius 1 is 1.00 bits per heavy atom. The largest absolute Gasteiger partial charge is 0.486 e. The quantitative estimate of drug-likeness (QED) is 0.859. The zero-order valence-electron chi connectivity index (χ0n) is 12.9. The predicted molar refractivity (Wildman–Crippen MR) is 89.1 cm³/mol. The van der Waals surface area contributed by atoms with Gasteiger partial charge in [0.05, 0.1) is 6.54 Å². The lowest BCUT2D eigenvalue weighted by atomic mass is 10.1. The molecule has 0 aromatic heterocycles. The van der Waals surface area contributed by atoms with Gasteiger partial charge >= 0.3 is 0 Å². The van der Waals surface area contributed by atoms with Crippen LogP contribution in [0.15, 0.2) is 48.5 Å². The van der Waals surface area contributed by atoms with E-state index in [9.17, 15) is 4.79 Å². The van der Waals surface area contributed by atoms with E-state index in [-0.39, 0.29) is 12.5 Å². The third-order valence-electron chi connectivity index (χ3n) is 3.57. The van der Waals surface area contributed by atoms with Crippen molar-refractivity contribution in [3.63, 3.8) is 0 Å². The van der Waals surface area contributed by atoms with Crippen LogP contribution in [0.4, 0.5) is 5.69 Å². The molecule has 1 amide bonds. The van der Waals surface area contributed by atoms with Gasteiger partial charge in [-0.25, -0.2) is 0 Å². The van der Waals surface area contributed by atoms with Gasteiger partial charge in [0.15, 0.2) is 11.5 Å². The topological polar surface area (TPSA) is 59.6 Å². The first-order valence-electron chi connectivity index (χ1n) is 7.75. The molecule has 0 unspecified atom stereocenters. The van der Waals surface area contributed by atoms with Crippen molar-refractivity contribution in [3.05, 3.63) is 54.1 Å². The number of rotatable bonds is 6. The highest BCUT2D eigenvalue weighted by atomic mass is 16.6. The number of benzene rings is 2. The van der Waals surface area contributed by atoms with Crippen LogP contribution in [0.5, 0.6) is 11.5 Å².